The maximum absolute atomic E-state index is 6.17. The minimum atomic E-state index is 0. The minimum absolute atomic E-state index is 0. The second-order valence-corrected chi connectivity index (χ2v) is 12.6. The minimum Gasteiger partial charge on any atom is -0.460 e. The van der Waals surface area contributed by atoms with E-state index in [1.54, 1.807) is 11.3 Å². The topological polar surface area (TPSA) is 35.0 Å². The molecule has 5 heteroatoms. The quantitative estimate of drug-likeness (QED) is 0.165. The molecule has 0 atom stereocenters. The van der Waals surface area contributed by atoms with Crippen LogP contribution in [-0.4, -0.2) is 9.97 Å². The molecule has 4 aromatic carbocycles. The predicted molar refractivity (Wildman–Crippen MR) is 171 cm³/mol. The summed E-state index contributed by atoms with van der Waals surface area (Å²) in [5.41, 5.74) is 5.17. The summed E-state index contributed by atoms with van der Waals surface area (Å²) >= 11 is 1.79. The Balaban J connectivity index is 0.00000316. The Bertz CT molecular complexity index is 2040. The van der Waals surface area contributed by atoms with E-state index in [1.165, 1.54) is 31.8 Å². The van der Waals surface area contributed by atoms with Crippen LogP contribution in [0.2, 0.25) is 0 Å². The van der Waals surface area contributed by atoms with Gasteiger partial charge in [0.25, 0.3) is 0 Å². The second-order valence-electron chi connectivity index (χ2n) is 11.6. The van der Waals surface area contributed by atoms with Gasteiger partial charge in [0, 0.05) is 32.4 Å². The first-order chi connectivity index (χ1) is 19.9. The van der Waals surface area contributed by atoms with E-state index in [-0.39, 0.29) is 26.5 Å². The number of benzene rings is 4. The third kappa shape index (κ3) is 5.75. The molecule has 0 spiro atoms. The average molecular weight is 744 g/mol. The maximum atomic E-state index is 6.17. The van der Waals surface area contributed by atoms with Gasteiger partial charge in [-0.05, 0) is 63.5 Å². The first-order valence-electron chi connectivity index (χ1n) is 13.8. The normalized spacial score (nSPS) is 11.6. The summed E-state index contributed by atoms with van der Waals surface area (Å²) in [4.78, 5) is 9.49. The summed E-state index contributed by atoms with van der Waals surface area (Å²) in [5, 5.41) is 5.02. The van der Waals surface area contributed by atoms with Crippen molar-refractivity contribution in [1.82, 2.24) is 9.97 Å². The van der Waals surface area contributed by atoms with Gasteiger partial charge >= 0.3 is 21.1 Å². The fourth-order valence-electron chi connectivity index (χ4n) is 5.34. The largest absolute Gasteiger partial charge is 2.00 e. The van der Waals surface area contributed by atoms with Crippen LogP contribution in [0.4, 0.5) is 0 Å². The molecule has 0 aliphatic heterocycles. The zero-order valence-corrected chi connectivity index (χ0v) is 26.6. The summed E-state index contributed by atoms with van der Waals surface area (Å²) in [6, 6.07) is 39.8. The SMILES string of the molecule is CC(C)(C)Cc1ccc2cc3c(cc2c1)sc1c(-c2[c-]c(Oc4cccc(-c5[c-]cccc5)n4)ccc2)nccc13.[Pt+2]. The average Bonchev–Trinajstić information content (AvgIpc) is 3.33. The Morgan fingerprint density at radius 2 is 1.67 bits per heavy atom. The van der Waals surface area contributed by atoms with E-state index in [2.05, 4.69) is 74.3 Å². The molecule has 0 unspecified atom stereocenters. The summed E-state index contributed by atoms with van der Waals surface area (Å²) in [7, 11) is 0. The number of fused-ring (bicyclic) bond motifs is 4. The van der Waals surface area contributed by atoms with E-state index >= 15 is 0 Å². The number of ether oxygens (including phenoxy) is 1. The second kappa shape index (κ2) is 11.4. The van der Waals surface area contributed by atoms with Gasteiger partial charge in [-0.2, -0.15) is 0 Å². The molecular weight excluding hydrogens is 716 g/mol. The summed E-state index contributed by atoms with van der Waals surface area (Å²) in [6.07, 6.45) is 2.95. The van der Waals surface area contributed by atoms with E-state index in [1.807, 2.05) is 66.9 Å². The molecule has 3 heterocycles. The van der Waals surface area contributed by atoms with Crippen molar-refractivity contribution in [3.8, 4) is 34.1 Å². The van der Waals surface area contributed by atoms with Crippen molar-refractivity contribution in [1.29, 1.82) is 0 Å². The Labute approximate surface area is 264 Å². The Morgan fingerprint density at radius 1 is 0.810 bits per heavy atom. The number of nitrogens with zero attached hydrogens (tertiary/aromatic N) is 2. The summed E-state index contributed by atoms with van der Waals surface area (Å²) < 4.78 is 8.58. The van der Waals surface area contributed by atoms with Gasteiger partial charge in [-0.15, -0.1) is 71.0 Å². The van der Waals surface area contributed by atoms with Gasteiger partial charge in [0.1, 0.15) is 0 Å². The third-order valence-corrected chi connectivity index (χ3v) is 8.27. The number of hydrogen-bond donors (Lipinski definition) is 0. The molecule has 42 heavy (non-hydrogen) atoms. The van der Waals surface area contributed by atoms with Crippen molar-refractivity contribution in [3.63, 3.8) is 0 Å². The van der Waals surface area contributed by atoms with Crippen LogP contribution in [0.5, 0.6) is 11.6 Å². The zero-order valence-electron chi connectivity index (χ0n) is 23.5. The number of thiophene rings is 1. The Morgan fingerprint density at radius 3 is 2.50 bits per heavy atom. The van der Waals surface area contributed by atoms with E-state index < -0.39 is 0 Å². The molecule has 0 aliphatic rings. The van der Waals surface area contributed by atoms with E-state index in [9.17, 15) is 0 Å². The van der Waals surface area contributed by atoms with Gasteiger partial charge in [-0.1, -0.05) is 57.2 Å². The van der Waals surface area contributed by atoms with Gasteiger partial charge in [0.05, 0.1) is 0 Å². The van der Waals surface area contributed by atoms with Crippen LogP contribution < -0.4 is 4.74 Å². The fourth-order valence-corrected chi connectivity index (χ4v) is 6.57. The molecule has 7 aromatic rings. The predicted octanol–water partition coefficient (Wildman–Crippen LogP) is 10.3. The van der Waals surface area contributed by atoms with Gasteiger partial charge < -0.3 is 9.72 Å². The molecule has 0 bridgehead atoms. The van der Waals surface area contributed by atoms with Crippen molar-refractivity contribution in [3.05, 3.63) is 121 Å². The molecule has 3 nitrogen and oxygen atoms in total. The van der Waals surface area contributed by atoms with Crippen molar-refractivity contribution in [2.75, 3.05) is 0 Å². The molecule has 0 radical (unpaired) electrons. The Hall–Kier alpha value is -3.85. The molecule has 0 aliphatic carbocycles. The van der Waals surface area contributed by atoms with E-state index in [0.717, 1.165) is 33.6 Å². The molecule has 0 fully saturated rings. The number of hydrogen-bond acceptors (Lipinski definition) is 4. The first kappa shape index (κ1) is 28.3. The van der Waals surface area contributed by atoms with Crippen molar-refractivity contribution >= 4 is 42.3 Å². The third-order valence-electron chi connectivity index (χ3n) is 7.09. The zero-order chi connectivity index (χ0) is 28.0. The maximum Gasteiger partial charge on any atom is 2.00 e. The van der Waals surface area contributed by atoms with E-state index in [4.69, 9.17) is 9.72 Å². The van der Waals surface area contributed by atoms with Gasteiger partial charge in [0.15, 0.2) is 0 Å². The van der Waals surface area contributed by atoms with Crippen LogP contribution in [-0.2, 0) is 27.5 Å². The van der Waals surface area contributed by atoms with Crippen LogP contribution in [0.1, 0.15) is 26.3 Å². The van der Waals surface area contributed by atoms with Crippen LogP contribution in [0.25, 0.3) is 53.5 Å². The smallest absolute Gasteiger partial charge is 0.460 e. The van der Waals surface area contributed by atoms with Crippen molar-refractivity contribution in [2.45, 2.75) is 27.2 Å². The van der Waals surface area contributed by atoms with Crippen molar-refractivity contribution in [2.24, 2.45) is 5.41 Å². The van der Waals surface area contributed by atoms with Gasteiger partial charge in [-0.25, -0.2) is 0 Å². The molecule has 7 rings (SSSR count). The van der Waals surface area contributed by atoms with E-state index in [0.29, 0.717) is 11.6 Å². The molecule has 0 N–H and O–H groups in total. The molecule has 0 saturated heterocycles. The Kier molecular flexibility index (Phi) is 7.70. The standard InChI is InChI=1S/C37H28N2OS.Pt/c1-37(2,3)23-24-15-16-26-21-31-30-17-18-38-35(36(30)41-33(31)22-28(26)19-24)27-11-7-12-29(20-27)40-34-14-8-13-32(39-34)25-9-5-4-6-10-25;/h4-9,11-19,21-22H,23H2,1-3H3;/q-2;+2. The van der Waals surface area contributed by atoms with Crippen LogP contribution in [0.3, 0.4) is 0 Å². The molecule has 0 saturated carbocycles. The number of aromatic nitrogens is 2. The van der Waals surface area contributed by atoms with Gasteiger partial charge in [-0.3, -0.25) is 4.98 Å². The molecular formula is C37H28N2OPtS. The van der Waals surface area contributed by atoms with Crippen LogP contribution in [0, 0.1) is 17.5 Å². The molecule has 3 aromatic heterocycles. The van der Waals surface area contributed by atoms with Gasteiger partial charge in [0.2, 0.25) is 5.88 Å². The van der Waals surface area contributed by atoms with Crippen LogP contribution in [0.15, 0.2) is 103 Å². The summed E-state index contributed by atoms with van der Waals surface area (Å²) in [5.74, 6) is 1.11. The van der Waals surface area contributed by atoms with Crippen molar-refractivity contribution < 1.29 is 25.8 Å². The number of rotatable bonds is 5. The summed E-state index contributed by atoms with van der Waals surface area (Å²) in [6.45, 7) is 6.86. The fraction of sp³-hybridized carbons (Fsp3) is 0.135. The monoisotopic (exact) mass is 743 g/mol. The number of pyridine rings is 2. The molecule has 208 valence electrons. The molecule has 0 amide bonds. The van der Waals surface area contributed by atoms with Crippen LogP contribution >= 0.6 is 11.3 Å². The first-order valence-corrected chi connectivity index (χ1v) is 14.6.